The summed E-state index contributed by atoms with van der Waals surface area (Å²) in [5.74, 6) is 0.920. The van der Waals surface area contributed by atoms with Crippen LogP contribution in [0.5, 0.6) is 11.5 Å². The number of alkyl halides is 3. The molecule has 0 saturated carbocycles. The van der Waals surface area contributed by atoms with Gasteiger partial charge in [0.2, 0.25) is 5.91 Å². The number of nitrogens with one attached hydrogen (secondary N) is 1. The maximum atomic E-state index is 12.8. The number of methoxy groups -OCH3 is 2. The molecule has 1 fully saturated rings. The van der Waals surface area contributed by atoms with Crippen molar-refractivity contribution in [2.24, 2.45) is 5.92 Å². The van der Waals surface area contributed by atoms with E-state index in [0.717, 1.165) is 12.3 Å². The lowest BCUT2D eigenvalue weighted by molar-refractivity contribution is -0.137. The summed E-state index contributed by atoms with van der Waals surface area (Å²) in [4.78, 5) is 18.5. The number of halogens is 4. The first kappa shape index (κ1) is 24.9. The van der Waals surface area contributed by atoms with Crippen LogP contribution in [0.1, 0.15) is 18.4 Å². The molecule has 1 aromatic carbocycles. The molecule has 33 heavy (non-hydrogen) atoms. The molecule has 7 nitrogen and oxygen atoms in total. The number of pyridine rings is 1. The van der Waals surface area contributed by atoms with E-state index in [9.17, 15) is 18.0 Å². The molecule has 1 amide bonds. The van der Waals surface area contributed by atoms with E-state index >= 15 is 0 Å². The number of carbonyl (C=O) groups excluding carboxylic acids is 1. The molecule has 0 radical (unpaired) electrons. The van der Waals surface area contributed by atoms with Gasteiger partial charge in [-0.2, -0.15) is 13.2 Å². The van der Waals surface area contributed by atoms with Gasteiger partial charge in [-0.05, 0) is 31.0 Å². The molecule has 1 saturated heterocycles. The summed E-state index contributed by atoms with van der Waals surface area (Å²) in [5.41, 5.74) is -0.321. The topological polar surface area (TPSA) is 72.9 Å². The van der Waals surface area contributed by atoms with Crippen molar-refractivity contribution in [3.8, 4) is 11.5 Å². The molecule has 0 aliphatic carbocycles. The van der Waals surface area contributed by atoms with Gasteiger partial charge in [-0.3, -0.25) is 4.79 Å². The zero-order valence-electron chi connectivity index (χ0n) is 18.2. The molecule has 2 aromatic rings. The Hall–Kier alpha value is -2.72. The van der Waals surface area contributed by atoms with Crippen LogP contribution in [0.15, 0.2) is 30.5 Å². The number of aromatic nitrogens is 1. The van der Waals surface area contributed by atoms with E-state index in [2.05, 4.69) is 10.3 Å². The van der Waals surface area contributed by atoms with Crippen LogP contribution in [0, 0.1) is 5.92 Å². The minimum absolute atomic E-state index is 0.0630. The first-order chi connectivity index (χ1) is 15.7. The summed E-state index contributed by atoms with van der Waals surface area (Å²) in [6.45, 7) is 1.65. The van der Waals surface area contributed by atoms with E-state index in [-0.39, 0.29) is 22.7 Å². The summed E-state index contributed by atoms with van der Waals surface area (Å²) < 4.78 is 54.4. The van der Waals surface area contributed by atoms with Gasteiger partial charge >= 0.3 is 6.18 Å². The van der Waals surface area contributed by atoms with E-state index in [1.54, 1.807) is 30.2 Å². The summed E-state index contributed by atoms with van der Waals surface area (Å²) in [7, 11) is 3.10. The van der Waals surface area contributed by atoms with Gasteiger partial charge in [0.1, 0.15) is 12.4 Å². The van der Waals surface area contributed by atoms with Crippen LogP contribution < -0.4 is 19.7 Å². The number of ether oxygens (including phenoxy) is 3. The SMILES string of the molecule is COCCOc1cc(NC(=O)C2CCN(c3ncc(C(F)(F)F)cc3Cl)CC2)ccc1OC. The Bertz CT molecular complexity index is 966. The predicted octanol–water partition coefficient (Wildman–Crippen LogP) is 4.64. The highest BCUT2D eigenvalue weighted by atomic mass is 35.5. The van der Waals surface area contributed by atoms with Gasteiger partial charge in [0.25, 0.3) is 0 Å². The van der Waals surface area contributed by atoms with Crippen molar-refractivity contribution in [1.29, 1.82) is 0 Å². The number of benzene rings is 1. The Balaban J connectivity index is 1.59. The highest BCUT2D eigenvalue weighted by molar-refractivity contribution is 6.33. The number of amides is 1. The third kappa shape index (κ3) is 6.42. The maximum absolute atomic E-state index is 12.8. The van der Waals surface area contributed by atoms with E-state index < -0.39 is 11.7 Å². The zero-order valence-corrected chi connectivity index (χ0v) is 19.0. The Morgan fingerprint density at radius 2 is 1.91 bits per heavy atom. The van der Waals surface area contributed by atoms with E-state index in [0.29, 0.717) is 56.3 Å². The van der Waals surface area contributed by atoms with Crippen molar-refractivity contribution < 1.29 is 32.2 Å². The zero-order chi connectivity index (χ0) is 24.0. The van der Waals surface area contributed by atoms with Gasteiger partial charge in [0.05, 0.1) is 24.3 Å². The number of piperidine rings is 1. The molecule has 1 N–H and O–H groups in total. The summed E-state index contributed by atoms with van der Waals surface area (Å²) in [5, 5.41) is 2.83. The molecule has 1 aliphatic rings. The summed E-state index contributed by atoms with van der Waals surface area (Å²) in [6.07, 6.45) is -2.71. The quantitative estimate of drug-likeness (QED) is 0.547. The van der Waals surface area contributed by atoms with Gasteiger partial charge in [-0.15, -0.1) is 0 Å². The predicted molar refractivity (Wildman–Crippen MR) is 118 cm³/mol. The molecule has 1 aliphatic heterocycles. The lowest BCUT2D eigenvalue weighted by Crippen LogP contribution is -2.38. The van der Waals surface area contributed by atoms with Crippen LogP contribution in [-0.4, -0.2) is 51.4 Å². The third-order valence-electron chi connectivity index (χ3n) is 5.29. The molecule has 2 heterocycles. The molecule has 0 unspecified atom stereocenters. The average molecular weight is 488 g/mol. The summed E-state index contributed by atoms with van der Waals surface area (Å²) in [6, 6.07) is 5.99. The first-order valence-electron chi connectivity index (χ1n) is 10.3. The van der Waals surface area contributed by atoms with Crippen LogP contribution >= 0.6 is 11.6 Å². The second-order valence-electron chi connectivity index (χ2n) is 7.48. The van der Waals surface area contributed by atoms with Gasteiger partial charge in [0.15, 0.2) is 11.5 Å². The molecule has 3 rings (SSSR count). The van der Waals surface area contributed by atoms with Crippen LogP contribution in [-0.2, 0) is 15.7 Å². The minimum Gasteiger partial charge on any atom is -0.493 e. The molecular formula is C22H25ClF3N3O4. The molecule has 1 aromatic heterocycles. The number of hydrogen-bond acceptors (Lipinski definition) is 6. The Morgan fingerprint density at radius 3 is 2.52 bits per heavy atom. The molecule has 0 atom stereocenters. The third-order valence-corrected chi connectivity index (χ3v) is 5.57. The smallest absolute Gasteiger partial charge is 0.417 e. The second kappa shape index (κ2) is 10.9. The Labute approximate surface area is 194 Å². The molecule has 180 valence electrons. The minimum atomic E-state index is -4.50. The highest BCUT2D eigenvalue weighted by Gasteiger charge is 2.33. The molecular weight excluding hydrogens is 463 g/mol. The standard InChI is InChI=1S/C22H25ClF3N3O4/c1-31-9-10-33-19-12-16(3-4-18(19)32-2)28-21(30)14-5-7-29(8-6-14)20-17(23)11-15(13-27-20)22(24,25)26/h3-4,11-14H,5-10H2,1-2H3,(H,28,30). The average Bonchev–Trinajstić information content (AvgIpc) is 2.79. The Kier molecular flexibility index (Phi) is 8.25. The Morgan fingerprint density at radius 1 is 1.18 bits per heavy atom. The van der Waals surface area contributed by atoms with E-state index in [1.807, 2.05) is 0 Å². The molecule has 0 bridgehead atoms. The van der Waals surface area contributed by atoms with Crippen molar-refractivity contribution in [3.05, 3.63) is 41.0 Å². The van der Waals surface area contributed by atoms with Gasteiger partial charge in [-0.1, -0.05) is 11.6 Å². The number of hydrogen-bond donors (Lipinski definition) is 1. The maximum Gasteiger partial charge on any atom is 0.417 e. The fourth-order valence-corrected chi connectivity index (χ4v) is 3.80. The summed E-state index contributed by atoms with van der Waals surface area (Å²) >= 11 is 6.05. The fourth-order valence-electron chi connectivity index (χ4n) is 3.52. The second-order valence-corrected chi connectivity index (χ2v) is 7.89. The molecule has 0 spiro atoms. The number of anilines is 2. The van der Waals surface area contributed by atoms with E-state index in [4.69, 9.17) is 25.8 Å². The lowest BCUT2D eigenvalue weighted by atomic mass is 9.95. The van der Waals surface area contributed by atoms with Crippen molar-refractivity contribution in [2.45, 2.75) is 19.0 Å². The number of carbonyl (C=O) groups is 1. The normalized spacial score (nSPS) is 14.8. The fraction of sp³-hybridized carbons (Fsp3) is 0.455. The monoisotopic (exact) mass is 487 g/mol. The number of nitrogens with zero attached hydrogens (tertiary/aromatic N) is 2. The van der Waals surface area contributed by atoms with Crippen molar-refractivity contribution in [3.63, 3.8) is 0 Å². The number of rotatable bonds is 8. The van der Waals surface area contributed by atoms with Crippen LogP contribution in [0.2, 0.25) is 5.02 Å². The lowest BCUT2D eigenvalue weighted by Gasteiger charge is -2.32. The van der Waals surface area contributed by atoms with Crippen LogP contribution in [0.4, 0.5) is 24.7 Å². The van der Waals surface area contributed by atoms with Crippen molar-refractivity contribution >= 4 is 29.0 Å². The van der Waals surface area contributed by atoms with E-state index in [1.165, 1.54) is 7.11 Å². The van der Waals surface area contributed by atoms with Crippen LogP contribution in [0.3, 0.4) is 0 Å². The van der Waals surface area contributed by atoms with Gasteiger partial charge in [-0.25, -0.2) is 4.98 Å². The molecule has 11 heteroatoms. The van der Waals surface area contributed by atoms with Gasteiger partial charge in [0, 0.05) is 44.1 Å². The van der Waals surface area contributed by atoms with Crippen molar-refractivity contribution in [2.75, 3.05) is 50.7 Å². The van der Waals surface area contributed by atoms with Crippen molar-refractivity contribution in [1.82, 2.24) is 4.98 Å². The highest BCUT2D eigenvalue weighted by Crippen LogP contribution is 2.35. The largest absolute Gasteiger partial charge is 0.493 e. The van der Waals surface area contributed by atoms with Crippen LogP contribution in [0.25, 0.3) is 0 Å². The van der Waals surface area contributed by atoms with Gasteiger partial charge < -0.3 is 24.4 Å². The first-order valence-corrected chi connectivity index (χ1v) is 10.7.